The second kappa shape index (κ2) is 7.27. The van der Waals surface area contributed by atoms with Crippen LogP contribution in [0.15, 0.2) is 0 Å². The molecule has 0 amide bonds. The smallest absolute Gasteiger partial charge is 0.0577 e. The molecule has 4 nitrogen and oxygen atoms in total. The fourth-order valence-corrected chi connectivity index (χ4v) is 8.72. The summed E-state index contributed by atoms with van der Waals surface area (Å²) < 4.78 is 0. The Morgan fingerprint density at radius 2 is 1.71 bits per heavy atom. The zero-order chi connectivity index (χ0) is 20.3. The van der Waals surface area contributed by atoms with Gasteiger partial charge in [0.15, 0.2) is 0 Å². The minimum atomic E-state index is -0.934. The lowest BCUT2D eigenvalue weighted by atomic mass is 9.43. The average molecular weight is 392 g/mol. The molecular weight excluding hydrogens is 352 g/mol. The van der Waals surface area contributed by atoms with E-state index in [1.54, 1.807) is 0 Å². The maximum Gasteiger partial charge on any atom is 0.0577 e. The van der Waals surface area contributed by atoms with Crippen LogP contribution < -0.4 is 5.11 Å². The molecular formula is C24H39O4-. The molecule has 0 heterocycles. The molecule has 0 aromatic rings. The van der Waals surface area contributed by atoms with Crippen LogP contribution in [0.5, 0.6) is 0 Å². The van der Waals surface area contributed by atoms with Crippen molar-refractivity contribution in [3.8, 4) is 0 Å². The molecule has 4 fully saturated rings. The van der Waals surface area contributed by atoms with Crippen molar-refractivity contribution in [2.45, 2.75) is 97.2 Å². The number of hydrogen-bond donors (Lipinski definition) is 2. The standard InChI is InChI=1S/C24H40O4/c1-14(4-7-21(27)28)17-5-6-18-22-19(9-11-24(17,18)3)23(2)10-8-16(25)12-15(23)13-20(22)26/h14-20,22,25-26H,4-13H2,1-3H3,(H,27,28)/p-1/t14-,15-,16-,17-,18-,19+,20-,22+,23+,24-/m1/s1. The third kappa shape index (κ3) is 3.14. The van der Waals surface area contributed by atoms with Gasteiger partial charge >= 0.3 is 0 Å². The zero-order valence-electron chi connectivity index (χ0n) is 17.9. The van der Waals surface area contributed by atoms with E-state index in [1.807, 2.05) is 0 Å². The molecule has 2 N–H and O–H groups in total. The van der Waals surface area contributed by atoms with Crippen molar-refractivity contribution in [3.05, 3.63) is 0 Å². The number of aliphatic hydroxyl groups is 2. The minimum Gasteiger partial charge on any atom is -0.550 e. The highest BCUT2D eigenvalue weighted by molar-refractivity contribution is 5.64. The van der Waals surface area contributed by atoms with E-state index in [-0.39, 0.29) is 29.5 Å². The molecule has 10 atom stereocenters. The first-order valence-corrected chi connectivity index (χ1v) is 11.7. The number of aliphatic carboxylic acids is 1. The fourth-order valence-electron chi connectivity index (χ4n) is 8.72. The Hall–Kier alpha value is -0.610. The fraction of sp³-hybridized carbons (Fsp3) is 0.958. The van der Waals surface area contributed by atoms with Gasteiger partial charge in [-0.15, -0.1) is 0 Å². The molecule has 4 heteroatoms. The third-order valence-electron chi connectivity index (χ3n) is 10.2. The first-order valence-electron chi connectivity index (χ1n) is 11.7. The number of aliphatic hydroxyl groups excluding tert-OH is 2. The number of fused-ring (bicyclic) bond motifs is 5. The molecule has 0 aromatic carbocycles. The first kappa shape index (κ1) is 20.7. The number of carboxylic acids is 1. The van der Waals surface area contributed by atoms with Gasteiger partial charge < -0.3 is 20.1 Å². The number of carbonyl (C=O) groups excluding carboxylic acids is 1. The van der Waals surface area contributed by atoms with E-state index in [2.05, 4.69) is 20.8 Å². The SMILES string of the molecule is C[C@H](CCC(=O)[O-])[C@H]1CC[C@@H]2[C@@H]3[C@H](O)C[C@H]4C[C@H](O)CC[C@]4(C)[C@H]3CC[C@@]21C. The average Bonchev–Trinajstić information content (AvgIpc) is 2.98. The van der Waals surface area contributed by atoms with Crippen molar-refractivity contribution < 1.29 is 20.1 Å². The molecule has 4 rings (SSSR count). The largest absolute Gasteiger partial charge is 0.550 e. The van der Waals surface area contributed by atoms with Crippen LogP contribution in [0.4, 0.5) is 0 Å². The lowest BCUT2D eigenvalue weighted by molar-refractivity contribution is -0.306. The van der Waals surface area contributed by atoms with Crippen LogP contribution in [0.25, 0.3) is 0 Å². The molecule has 0 aromatic heterocycles. The van der Waals surface area contributed by atoms with Gasteiger partial charge in [0.1, 0.15) is 0 Å². The van der Waals surface area contributed by atoms with Crippen LogP contribution in [-0.4, -0.2) is 28.4 Å². The summed E-state index contributed by atoms with van der Waals surface area (Å²) in [6.45, 7) is 7.11. The second-order valence-electron chi connectivity index (χ2n) is 11.3. The van der Waals surface area contributed by atoms with E-state index in [0.717, 1.165) is 25.7 Å². The van der Waals surface area contributed by atoms with Crippen molar-refractivity contribution in [1.29, 1.82) is 0 Å². The number of hydrogen-bond acceptors (Lipinski definition) is 4. The van der Waals surface area contributed by atoms with Gasteiger partial charge in [0.05, 0.1) is 12.2 Å². The molecule has 0 spiro atoms. The van der Waals surface area contributed by atoms with E-state index >= 15 is 0 Å². The van der Waals surface area contributed by atoms with Gasteiger partial charge in [-0.25, -0.2) is 0 Å². The van der Waals surface area contributed by atoms with Gasteiger partial charge in [0.25, 0.3) is 0 Å². The summed E-state index contributed by atoms with van der Waals surface area (Å²) in [6.07, 6.45) is 8.91. The number of carbonyl (C=O) groups is 1. The minimum absolute atomic E-state index is 0.162. The molecule has 4 aliphatic carbocycles. The molecule has 0 unspecified atom stereocenters. The Bertz CT molecular complexity index is 605. The Morgan fingerprint density at radius 1 is 1.04 bits per heavy atom. The summed E-state index contributed by atoms with van der Waals surface area (Å²) in [5.41, 5.74) is 0.494. The predicted octanol–water partition coefficient (Wildman–Crippen LogP) is 3.14. The van der Waals surface area contributed by atoms with E-state index in [9.17, 15) is 20.1 Å². The maximum atomic E-state index is 11.2. The highest BCUT2D eigenvalue weighted by atomic mass is 16.4. The summed E-state index contributed by atoms with van der Waals surface area (Å²) >= 11 is 0. The van der Waals surface area contributed by atoms with Gasteiger partial charge in [-0.05, 0) is 111 Å². The summed E-state index contributed by atoms with van der Waals surface area (Å²) in [6, 6.07) is 0. The Labute approximate surface area is 170 Å². The lowest BCUT2D eigenvalue weighted by Crippen LogP contribution is -2.58. The monoisotopic (exact) mass is 391 g/mol. The van der Waals surface area contributed by atoms with E-state index < -0.39 is 5.97 Å². The van der Waals surface area contributed by atoms with Gasteiger partial charge in [0.2, 0.25) is 0 Å². The lowest BCUT2D eigenvalue weighted by Gasteiger charge is -2.62. The predicted molar refractivity (Wildman–Crippen MR) is 106 cm³/mol. The van der Waals surface area contributed by atoms with Crippen molar-refractivity contribution >= 4 is 5.97 Å². The van der Waals surface area contributed by atoms with Gasteiger partial charge in [-0.3, -0.25) is 0 Å². The zero-order valence-corrected chi connectivity index (χ0v) is 17.9. The van der Waals surface area contributed by atoms with Crippen LogP contribution >= 0.6 is 0 Å². The van der Waals surface area contributed by atoms with Gasteiger partial charge in [-0.1, -0.05) is 20.8 Å². The Balaban J connectivity index is 1.55. The van der Waals surface area contributed by atoms with E-state index in [1.165, 1.54) is 25.7 Å². The number of rotatable bonds is 4. The van der Waals surface area contributed by atoms with Crippen LogP contribution in [-0.2, 0) is 4.79 Å². The molecule has 4 saturated carbocycles. The Morgan fingerprint density at radius 3 is 2.43 bits per heavy atom. The van der Waals surface area contributed by atoms with Gasteiger partial charge in [0, 0.05) is 5.97 Å². The molecule has 0 radical (unpaired) electrons. The van der Waals surface area contributed by atoms with Crippen molar-refractivity contribution in [2.24, 2.45) is 46.3 Å². The number of carboxylic acid groups (broad SMARTS) is 1. The van der Waals surface area contributed by atoms with Crippen molar-refractivity contribution in [1.82, 2.24) is 0 Å². The maximum absolute atomic E-state index is 11.2. The normalized spacial score (nSPS) is 51.7. The van der Waals surface area contributed by atoms with Crippen LogP contribution in [0.1, 0.15) is 85.0 Å². The third-order valence-corrected chi connectivity index (χ3v) is 10.2. The molecule has 0 saturated heterocycles. The quantitative estimate of drug-likeness (QED) is 0.771. The molecule has 4 aliphatic rings. The topological polar surface area (TPSA) is 80.6 Å². The van der Waals surface area contributed by atoms with Crippen LogP contribution in [0, 0.1) is 46.3 Å². The van der Waals surface area contributed by atoms with Crippen molar-refractivity contribution in [3.63, 3.8) is 0 Å². The van der Waals surface area contributed by atoms with Gasteiger partial charge in [-0.2, -0.15) is 0 Å². The molecule has 0 aliphatic heterocycles. The van der Waals surface area contributed by atoms with Crippen LogP contribution in [0.3, 0.4) is 0 Å². The molecule has 0 bridgehead atoms. The molecule has 160 valence electrons. The highest BCUT2D eigenvalue weighted by Crippen LogP contribution is 2.68. The van der Waals surface area contributed by atoms with E-state index in [4.69, 9.17) is 0 Å². The molecule has 28 heavy (non-hydrogen) atoms. The summed E-state index contributed by atoms with van der Waals surface area (Å²) in [4.78, 5) is 10.9. The summed E-state index contributed by atoms with van der Waals surface area (Å²) in [7, 11) is 0. The van der Waals surface area contributed by atoms with E-state index in [0.29, 0.717) is 41.9 Å². The first-order chi connectivity index (χ1) is 13.2. The highest BCUT2D eigenvalue weighted by Gasteiger charge is 2.62. The summed E-state index contributed by atoms with van der Waals surface area (Å²) in [5, 5.41) is 32.4. The van der Waals surface area contributed by atoms with Crippen LogP contribution in [0.2, 0.25) is 0 Å². The summed E-state index contributed by atoms with van der Waals surface area (Å²) in [5.74, 6) is 1.99. The second-order valence-corrected chi connectivity index (χ2v) is 11.3. The Kier molecular flexibility index (Phi) is 5.36. The van der Waals surface area contributed by atoms with Crippen molar-refractivity contribution in [2.75, 3.05) is 0 Å².